The Labute approximate surface area is 110 Å². The summed E-state index contributed by atoms with van der Waals surface area (Å²) >= 11 is 0. The average Bonchev–Trinajstić information content (AvgIpc) is 2.36. The van der Waals surface area contributed by atoms with Crippen LogP contribution in [-0.4, -0.2) is 30.0 Å². The molecule has 0 spiro atoms. The monoisotopic (exact) mass is 265 g/mol. The van der Waals surface area contributed by atoms with Crippen LogP contribution in [0.25, 0.3) is 0 Å². The number of nitrogens with zero attached hydrogens (tertiary/aromatic N) is 1. The molecule has 0 aromatic heterocycles. The van der Waals surface area contributed by atoms with Gasteiger partial charge in [-0.05, 0) is 5.56 Å². The summed E-state index contributed by atoms with van der Waals surface area (Å²) in [6.45, 7) is 1.27. The van der Waals surface area contributed by atoms with Gasteiger partial charge in [0.2, 0.25) is 0 Å². The Kier molecular flexibility index (Phi) is 5.53. The van der Waals surface area contributed by atoms with Crippen molar-refractivity contribution in [3.63, 3.8) is 0 Å². The van der Waals surface area contributed by atoms with Crippen LogP contribution in [0.3, 0.4) is 0 Å². The van der Waals surface area contributed by atoms with Crippen molar-refractivity contribution < 1.29 is 24.0 Å². The van der Waals surface area contributed by atoms with E-state index in [4.69, 9.17) is 4.74 Å². The smallest absolute Gasteiger partial charge is 0.329 e. The van der Waals surface area contributed by atoms with E-state index >= 15 is 0 Å². The van der Waals surface area contributed by atoms with Crippen LogP contribution >= 0.6 is 0 Å². The van der Waals surface area contributed by atoms with Gasteiger partial charge in [-0.3, -0.25) is 14.4 Å². The van der Waals surface area contributed by atoms with Crippen LogP contribution < -0.4 is 0 Å². The molecule has 0 saturated heterocycles. The molecular formula is C13H15NO5. The Morgan fingerprint density at radius 2 is 1.79 bits per heavy atom. The van der Waals surface area contributed by atoms with E-state index in [9.17, 15) is 14.4 Å². The first-order valence-electron chi connectivity index (χ1n) is 5.63. The Morgan fingerprint density at radius 3 is 2.37 bits per heavy atom. The zero-order valence-corrected chi connectivity index (χ0v) is 10.8. The van der Waals surface area contributed by atoms with Gasteiger partial charge in [0.25, 0.3) is 5.91 Å². The van der Waals surface area contributed by atoms with Gasteiger partial charge < -0.3 is 9.57 Å². The summed E-state index contributed by atoms with van der Waals surface area (Å²) in [4.78, 5) is 38.0. The summed E-state index contributed by atoms with van der Waals surface area (Å²) in [6, 6.07) is 9.11. The Bertz CT molecular complexity index is 457. The number of rotatable bonds is 4. The molecule has 0 atom stereocenters. The molecule has 0 heterocycles. The number of hydrogen-bond acceptors (Lipinski definition) is 5. The molecule has 19 heavy (non-hydrogen) atoms. The first-order chi connectivity index (χ1) is 8.99. The van der Waals surface area contributed by atoms with Crippen molar-refractivity contribution in [2.75, 3.05) is 7.05 Å². The van der Waals surface area contributed by atoms with Crippen molar-refractivity contribution >= 4 is 17.8 Å². The zero-order chi connectivity index (χ0) is 14.3. The normalized spacial score (nSPS) is 9.58. The molecule has 0 radical (unpaired) electrons. The third-order valence-corrected chi connectivity index (χ3v) is 2.15. The maximum absolute atomic E-state index is 11.4. The summed E-state index contributed by atoms with van der Waals surface area (Å²) < 4.78 is 4.93. The highest BCUT2D eigenvalue weighted by Crippen LogP contribution is 2.02. The molecular weight excluding hydrogens is 250 g/mol. The number of hydrogen-bond donors (Lipinski definition) is 0. The minimum atomic E-state index is -0.673. The van der Waals surface area contributed by atoms with Crippen molar-refractivity contribution in [2.24, 2.45) is 0 Å². The lowest BCUT2D eigenvalue weighted by molar-refractivity contribution is -0.192. The molecule has 1 aromatic rings. The quantitative estimate of drug-likeness (QED) is 0.462. The van der Waals surface area contributed by atoms with Crippen LogP contribution in [0.5, 0.6) is 0 Å². The summed E-state index contributed by atoms with van der Waals surface area (Å²) in [7, 11) is 1.26. The predicted octanol–water partition coefficient (Wildman–Crippen LogP) is 1.06. The molecule has 0 N–H and O–H groups in total. The summed E-state index contributed by atoms with van der Waals surface area (Å²) in [5.41, 5.74) is 0.830. The first-order valence-corrected chi connectivity index (χ1v) is 5.63. The fourth-order valence-corrected chi connectivity index (χ4v) is 1.27. The highest BCUT2D eigenvalue weighted by molar-refractivity contribution is 5.94. The zero-order valence-electron chi connectivity index (χ0n) is 10.8. The van der Waals surface area contributed by atoms with E-state index in [2.05, 4.69) is 4.84 Å². The Morgan fingerprint density at radius 1 is 1.16 bits per heavy atom. The minimum absolute atomic E-state index is 0.101. The SMILES string of the molecule is CC(=O)ON(C)C(=O)CC(=O)OCc1ccccc1. The first kappa shape index (κ1) is 14.7. The fraction of sp³-hybridized carbons (Fsp3) is 0.308. The molecule has 0 unspecified atom stereocenters. The number of carbonyl (C=O) groups is 3. The molecule has 6 heteroatoms. The lowest BCUT2D eigenvalue weighted by Crippen LogP contribution is -2.30. The number of amides is 1. The van der Waals surface area contributed by atoms with Gasteiger partial charge in [0.05, 0.1) is 0 Å². The molecule has 1 aromatic carbocycles. The van der Waals surface area contributed by atoms with Gasteiger partial charge in [0, 0.05) is 14.0 Å². The second-order valence-electron chi connectivity index (χ2n) is 3.80. The molecule has 0 bridgehead atoms. The van der Waals surface area contributed by atoms with E-state index in [0.29, 0.717) is 5.06 Å². The number of hydroxylamine groups is 2. The van der Waals surface area contributed by atoms with Gasteiger partial charge in [-0.2, -0.15) is 5.06 Å². The standard InChI is InChI=1S/C13H15NO5/c1-10(15)19-14(2)12(16)8-13(17)18-9-11-6-4-3-5-7-11/h3-7H,8-9H2,1-2H3. The number of ether oxygens (including phenoxy) is 1. The van der Waals surface area contributed by atoms with Gasteiger partial charge in [-0.25, -0.2) is 0 Å². The number of benzene rings is 1. The summed E-state index contributed by atoms with van der Waals surface area (Å²) in [6.07, 6.45) is -0.476. The molecule has 0 aliphatic carbocycles. The minimum Gasteiger partial charge on any atom is -0.460 e. The van der Waals surface area contributed by atoms with E-state index < -0.39 is 24.3 Å². The number of carbonyl (C=O) groups excluding carboxylic acids is 3. The molecule has 0 saturated carbocycles. The van der Waals surface area contributed by atoms with E-state index in [1.807, 2.05) is 18.2 Å². The topological polar surface area (TPSA) is 72.9 Å². The third kappa shape index (κ3) is 5.67. The van der Waals surface area contributed by atoms with Crippen LogP contribution in [0.2, 0.25) is 0 Å². The molecule has 1 rings (SSSR count). The maximum Gasteiger partial charge on any atom is 0.329 e. The van der Waals surface area contributed by atoms with Gasteiger partial charge >= 0.3 is 11.9 Å². The van der Waals surface area contributed by atoms with E-state index in [1.54, 1.807) is 12.1 Å². The highest BCUT2D eigenvalue weighted by Gasteiger charge is 2.17. The Balaban J connectivity index is 2.35. The van der Waals surface area contributed by atoms with E-state index in [1.165, 1.54) is 7.05 Å². The van der Waals surface area contributed by atoms with Crippen molar-refractivity contribution in [1.29, 1.82) is 0 Å². The molecule has 0 fully saturated rings. The van der Waals surface area contributed by atoms with Crippen molar-refractivity contribution in [3.05, 3.63) is 35.9 Å². The summed E-state index contributed by atoms with van der Waals surface area (Å²) in [5.74, 6) is -1.95. The van der Waals surface area contributed by atoms with Gasteiger partial charge in [0.15, 0.2) is 0 Å². The molecule has 1 amide bonds. The van der Waals surface area contributed by atoms with Crippen molar-refractivity contribution in [1.82, 2.24) is 5.06 Å². The fourth-order valence-electron chi connectivity index (χ4n) is 1.27. The summed E-state index contributed by atoms with van der Waals surface area (Å²) in [5, 5.41) is 0.714. The van der Waals surface area contributed by atoms with Crippen molar-refractivity contribution in [2.45, 2.75) is 20.0 Å². The average molecular weight is 265 g/mol. The van der Waals surface area contributed by atoms with Crippen LogP contribution in [0, 0.1) is 0 Å². The van der Waals surface area contributed by atoms with Gasteiger partial charge in [0.1, 0.15) is 13.0 Å². The Hall–Kier alpha value is -2.37. The molecule has 0 aliphatic heterocycles. The number of esters is 1. The lowest BCUT2D eigenvalue weighted by Gasteiger charge is -2.14. The van der Waals surface area contributed by atoms with Crippen molar-refractivity contribution in [3.8, 4) is 0 Å². The third-order valence-electron chi connectivity index (χ3n) is 2.15. The maximum atomic E-state index is 11.4. The second kappa shape index (κ2) is 7.15. The molecule has 102 valence electrons. The predicted molar refractivity (Wildman–Crippen MR) is 65.4 cm³/mol. The van der Waals surface area contributed by atoms with Gasteiger partial charge in [-0.15, -0.1) is 0 Å². The second-order valence-corrected chi connectivity index (χ2v) is 3.80. The molecule has 6 nitrogen and oxygen atoms in total. The van der Waals surface area contributed by atoms with Gasteiger partial charge in [-0.1, -0.05) is 30.3 Å². The van der Waals surface area contributed by atoms with Crippen LogP contribution in [-0.2, 0) is 30.6 Å². The lowest BCUT2D eigenvalue weighted by atomic mass is 10.2. The van der Waals surface area contributed by atoms with E-state index in [-0.39, 0.29) is 6.61 Å². The van der Waals surface area contributed by atoms with Crippen LogP contribution in [0.15, 0.2) is 30.3 Å². The van der Waals surface area contributed by atoms with Crippen LogP contribution in [0.1, 0.15) is 18.9 Å². The van der Waals surface area contributed by atoms with Crippen LogP contribution in [0.4, 0.5) is 0 Å². The molecule has 0 aliphatic rings. The largest absolute Gasteiger partial charge is 0.460 e. The van der Waals surface area contributed by atoms with E-state index in [0.717, 1.165) is 12.5 Å². The highest BCUT2D eigenvalue weighted by atomic mass is 16.7.